The first-order chi connectivity index (χ1) is 12.0. The van der Waals surface area contributed by atoms with Gasteiger partial charge >= 0.3 is 6.03 Å². The highest BCUT2D eigenvalue weighted by Crippen LogP contribution is 2.19. The topological polar surface area (TPSA) is 61.4 Å². The zero-order valence-electron chi connectivity index (χ0n) is 13.8. The summed E-state index contributed by atoms with van der Waals surface area (Å²) in [6, 6.07) is 12.6. The second kappa shape index (κ2) is 9.08. The molecule has 0 aliphatic carbocycles. The van der Waals surface area contributed by atoms with E-state index >= 15 is 0 Å². The molecule has 0 radical (unpaired) electrons. The molecule has 0 fully saturated rings. The standard InChI is InChI=1S/C18H20FN3O2S/c1-2-17(23)21-15-7-9-16(10-8-15)22(25)18(24)20-12-11-13-3-5-14(19)6-4-13/h3-10,25H,2,11-12H2,1H3,(H,20,24)(H,21,23). The Hall–Kier alpha value is -2.54. The molecule has 7 heteroatoms. The van der Waals surface area contributed by atoms with Crippen molar-refractivity contribution in [1.29, 1.82) is 0 Å². The van der Waals surface area contributed by atoms with Gasteiger partial charge in [-0.15, -0.1) is 0 Å². The van der Waals surface area contributed by atoms with Crippen LogP contribution in [0.3, 0.4) is 0 Å². The fraction of sp³-hybridized carbons (Fsp3) is 0.222. The molecule has 2 aromatic rings. The fourth-order valence-electron chi connectivity index (χ4n) is 2.09. The van der Waals surface area contributed by atoms with E-state index in [4.69, 9.17) is 0 Å². The third kappa shape index (κ3) is 5.79. The molecule has 2 aromatic carbocycles. The van der Waals surface area contributed by atoms with Crippen molar-refractivity contribution in [2.45, 2.75) is 19.8 Å². The van der Waals surface area contributed by atoms with Crippen LogP contribution in [0.1, 0.15) is 18.9 Å². The molecule has 2 rings (SSSR count). The summed E-state index contributed by atoms with van der Waals surface area (Å²) in [6.45, 7) is 2.18. The van der Waals surface area contributed by atoms with Gasteiger partial charge in [-0.1, -0.05) is 31.9 Å². The smallest absolute Gasteiger partial charge is 0.331 e. The van der Waals surface area contributed by atoms with E-state index in [-0.39, 0.29) is 17.8 Å². The van der Waals surface area contributed by atoms with Crippen molar-refractivity contribution in [2.75, 3.05) is 16.2 Å². The Labute approximate surface area is 151 Å². The second-order valence-electron chi connectivity index (χ2n) is 5.37. The lowest BCUT2D eigenvalue weighted by Gasteiger charge is -2.17. The van der Waals surface area contributed by atoms with Crippen molar-refractivity contribution >= 4 is 36.1 Å². The number of benzene rings is 2. The Morgan fingerprint density at radius 1 is 1.08 bits per heavy atom. The maximum absolute atomic E-state index is 12.8. The Kier molecular flexibility index (Phi) is 6.82. The molecule has 0 bridgehead atoms. The number of rotatable bonds is 6. The molecule has 0 saturated heterocycles. The van der Waals surface area contributed by atoms with Gasteiger partial charge in [0, 0.05) is 18.7 Å². The van der Waals surface area contributed by atoms with E-state index in [0.717, 1.165) is 5.56 Å². The third-order valence-electron chi connectivity index (χ3n) is 3.51. The lowest BCUT2D eigenvalue weighted by molar-refractivity contribution is -0.115. The average molecular weight is 361 g/mol. The third-order valence-corrected chi connectivity index (χ3v) is 3.92. The first kappa shape index (κ1) is 18.8. The van der Waals surface area contributed by atoms with E-state index in [9.17, 15) is 14.0 Å². The molecule has 0 aliphatic heterocycles. The van der Waals surface area contributed by atoms with Crippen LogP contribution in [-0.4, -0.2) is 18.5 Å². The number of anilines is 2. The molecule has 25 heavy (non-hydrogen) atoms. The Morgan fingerprint density at radius 2 is 1.72 bits per heavy atom. The Bertz CT molecular complexity index is 720. The molecule has 5 nitrogen and oxygen atoms in total. The van der Waals surface area contributed by atoms with Gasteiger partial charge in [0.05, 0.1) is 5.69 Å². The largest absolute Gasteiger partial charge is 0.337 e. The molecule has 0 heterocycles. The highest BCUT2D eigenvalue weighted by atomic mass is 32.1. The van der Waals surface area contributed by atoms with Gasteiger partial charge < -0.3 is 10.6 Å². The zero-order chi connectivity index (χ0) is 18.2. The summed E-state index contributed by atoms with van der Waals surface area (Å²) in [4.78, 5) is 23.4. The van der Waals surface area contributed by atoms with Crippen LogP contribution in [-0.2, 0) is 11.2 Å². The normalized spacial score (nSPS) is 10.2. The molecule has 132 valence electrons. The summed E-state index contributed by atoms with van der Waals surface area (Å²) in [6.07, 6.45) is 0.993. The predicted molar refractivity (Wildman–Crippen MR) is 100 cm³/mol. The van der Waals surface area contributed by atoms with Gasteiger partial charge in [-0.05, 0) is 48.4 Å². The van der Waals surface area contributed by atoms with Gasteiger partial charge in [0.2, 0.25) is 5.91 Å². The van der Waals surface area contributed by atoms with Crippen molar-refractivity contribution in [2.24, 2.45) is 0 Å². The number of urea groups is 1. The Balaban J connectivity index is 1.84. The van der Waals surface area contributed by atoms with Crippen LogP contribution in [0.5, 0.6) is 0 Å². The van der Waals surface area contributed by atoms with E-state index in [0.29, 0.717) is 30.8 Å². The number of nitrogens with zero attached hydrogens (tertiary/aromatic N) is 1. The lowest BCUT2D eigenvalue weighted by atomic mass is 10.1. The second-order valence-corrected chi connectivity index (χ2v) is 5.77. The fourth-order valence-corrected chi connectivity index (χ4v) is 2.30. The van der Waals surface area contributed by atoms with E-state index in [1.54, 1.807) is 43.3 Å². The zero-order valence-corrected chi connectivity index (χ0v) is 14.7. The Morgan fingerprint density at radius 3 is 2.32 bits per heavy atom. The number of carbonyl (C=O) groups is 2. The number of hydrogen-bond acceptors (Lipinski definition) is 3. The van der Waals surface area contributed by atoms with Crippen molar-refractivity contribution in [1.82, 2.24) is 5.32 Å². The highest BCUT2D eigenvalue weighted by molar-refractivity contribution is 7.82. The monoisotopic (exact) mass is 361 g/mol. The molecule has 0 unspecified atom stereocenters. The quantitative estimate of drug-likeness (QED) is 0.686. The number of carbonyl (C=O) groups excluding carboxylic acids is 2. The predicted octanol–water partition coefficient (Wildman–Crippen LogP) is 3.78. The molecule has 0 aromatic heterocycles. The first-order valence-corrected chi connectivity index (χ1v) is 8.30. The molecule has 3 amide bonds. The minimum Gasteiger partial charge on any atom is -0.337 e. The van der Waals surface area contributed by atoms with Gasteiger partial charge in [-0.2, -0.15) is 0 Å². The van der Waals surface area contributed by atoms with E-state index < -0.39 is 0 Å². The van der Waals surface area contributed by atoms with Crippen LogP contribution >= 0.6 is 12.8 Å². The number of thiol groups is 1. The maximum Gasteiger partial charge on any atom is 0.331 e. The first-order valence-electron chi connectivity index (χ1n) is 7.90. The minimum atomic E-state index is -0.365. The number of hydrogen-bond donors (Lipinski definition) is 3. The number of amides is 3. The molecule has 0 atom stereocenters. The maximum atomic E-state index is 12.8. The van der Waals surface area contributed by atoms with Crippen LogP contribution in [0.25, 0.3) is 0 Å². The van der Waals surface area contributed by atoms with Crippen LogP contribution in [0.2, 0.25) is 0 Å². The van der Waals surface area contributed by atoms with E-state index in [2.05, 4.69) is 23.4 Å². The summed E-state index contributed by atoms with van der Waals surface area (Å²) in [5.41, 5.74) is 2.18. The van der Waals surface area contributed by atoms with Gasteiger partial charge in [0.1, 0.15) is 5.82 Å². The highest BCUT2D eigenvalue weighted by Gasteiger charge is 2.11. The number of halogens is 1. The van der Waals surface area contributed by atoms with Crippen molar-refractivity contribution < 1.29 is 14.0 Å². The van der Waals surface area contributed by atoms with Crippen molar-refractivity contribution in [3.63, 3.8) is 0 Å². The summed E-state index contributed by atoms with van der Waals surface area (Å²) in [7, 11) is 0. The van der Waals surface area contributed by atoms with Crippen LogP contribution in [0, 0.1) is 5.82 Å². The van der Waals surface area contributed by atoms with Gasteiger partial charge in [-0.25, -0.2) is 13.5 Å². The summed E-state index contributed by atoms with van der Waals surface area (Å²) >= 11 is 4.20. The SMILES string of the molecule is CCC(=O)Nc1ccc(N(S)C(=O)NCCc2ccc(F)cc2)cc1. The molecule has 0 saturated carbocycles. The van der Waals surface area contributed by atoms with Crippen LogP contribution in [0.15, 0.2) is 48.5 Å². The van der Waals surface area contributed by atoms with Crippen LogP contribution in [0.4, 0.5) is 20.6 Å². The summed E-state index contributed by atoms with van der Waals surface area (Å²) < 4.78 is 14.0. The van der Waals surface area contributed by atoms with E-state index in [1.807, 2.05) is 0 Å². The average Bonchev–Trinajstić information content (AvgIpc) is 2.63. The van der Waals surface area contributed by atoms with E-state index in [1.165, 1.54) is 16.4 Å². The van der Waals surface area contributed by atoms with Gasteiger partial charge in [0.25, 0.3) is 0 Å². The molecule has 2 N–H and O–H groups in total. The summed E-state index contributed by atoms with van der Waals surface area (Å²) in [5.74, 6) is -0.359. The molecule has 0 aliphatic rings. The minimum absolute atomic E-state index is 0.0750. The lowest BCUT2D eigenvalue weighted by Crippen LogP contribution is -2.35. The van der Waals surface area contributed by atoms with Crippen molar-refractivity contribution in [3.8, 4) is 0 Å². The number of nitrogens with one attached hydrogen (secondary N) is 2. The molecular weight excluding hydrogens is 341 g/mol. The molecular formula is C18H20FN3O2S. The van der Waals surface area contributed by atoms with Gasteiger partial charge in [-0.3, -0.25) is 4.79 Å². The molecule has 0 spiro atoms. The van der Waals surface area contributed by atoms with Crippen LogP contribution < -0.4 is 14.9 Å². The van der Waals surface area contributed by atoms with Crippen molar-refractivity contribution in [3.05, 3.63) is 59.9 Å². The van der Waals surface area contributed by atoms with Gasteiger partial charge in [0.15, 0.2) is 0 Å². The summed E-state index contributed by atoms with van der Waals surface area (Å²) in [5, 5.41) is 5.48.